The van der Waals surface area contributed by atoms with Crippen LogP contribution in [0.5, 0.6) is 0 Å². The highest BCUT2D eigenvalue weighted by molar-refractivity contribution is 7.89. The first-order valence-electron chi connectivity index (χ1n) is 7.18. The molecule has 0 spiro atoms. The molecule has 0 bridgehead atoms. The minimum Gasteiger partial charge on any atom is -0.384 e. The highest BCUT2D eigenvalue weighted by atomic mass is 32.2. The summed E-state index contributed by atoms with van der Waals surface area (Å²) in [6.45, 7) is 8.28. The third kappa shape index (κ3) is 5.67. The number of sulfonamides is 1. The van der Waals surface area contributed by atoms with Gasteiger partial charge in [0.15, 0.2) is 0 Å². The van der Waals surface area contributed by atoms with E-state index in [4.69, 9.17) is 4.74 Å². The van der Waals surface area contributed by atoms with Gasteiger partial charge in [-0.15, -0.1) is 11.3 Å². The van der Waals surface area contributed by atoms with Crippen molar-refractivity contribution in [3.05, 3.63) is 15.8 Å². The van der Waals surface area contributed by atoms with Gasteiger partial charge >= 0.3 is 0 Å². The number of ether oxygens (including phenoxy) is 1. The van der Waals surface area contributed by atoms with Crippen LogP contribution in [0.25, 0.3) is 0 Å². The van der Waals surface area contributed by atoms with Gasteiger partial charge in [0.25, 0.3) is 0 Å². The van der Waals surface area contributed by atoms with Crippen molar-refractivity contribution in [3.63, 3.8) is 0 Å². The predicted octanol–water partition coefficient (Wildman–Crippen LogP) is 2.12. The second-order valence-electron chi connectivity index (χ2n) is 5.26. The van der Waals surface area contributed by atoms with Gasteiger partial charge in [-0.1, -0.05) is 13.8 Å². The van der Waals surface area contributed by atoms with E-state index in [0.717, 1.165) is 23.4 Å². The highest BCUT2D eigenvalue weighted by Gasteiger charge is 2.23. The second-order valence-corrected chi connectivity index (χ2v) is 7.93. The van der Waals surface area contributed by atoms with Crippen LogP contribution in [0.2, 0.25) is 0 Å². The molecule has 0 amide bonds. The SMILES string of the molecule is CCCNCc1scc(C)c1S(=O)(=O)NCC(C)COC. The molecule has 0 aliphatic carbocycles. The zero-order valence-corrected chi connectivity index (χ0v) is 14.9. The maximum atomic E-state index is 12.5. The van der Waals surface area contributed by atoms with Crippen LogP contribution in [0.4, 0.5) is 0 Å². The van der Waals surface area contributed by atoms with Crippen molar-refractivity contribution in [1.29, 1.82) is 0 Å². The molecule has 0 radical (unpaired) electrons. The minimum absolute atomic E-state index is 0.144. The molecule has 1 rings (SSSR count). The lowest BCUT2D eigenvalue weighted by atomic mass is 10.2. The Kier molecular flexibility index (Phi) is 7.83. The quantitative estimate of drug-likeness (QED) is 0.643. The van der Waals surface area contributed by atoms with Crippen molar-refractivity contribution in [2.75, 3.05) is 26.8 Å². The lowest BCUT2D eigenvalue weighted by molar-refractivity contribution is 0.161. The van der Waals surface area contributed by atoms with E-state index in [0.29, 0.717) is 24.6 Å². The van der Waals surface area contributed by atoms with E-state index in [1.54, 1.807) is 7.11 Å². The molecule has 2 N–H and O–H groups in total. The van der Waals surface area contributed by atoms with Gasteiger partial charge in [-0.2, -0.15) is 0 Å². The van der Waals surface area contributed by atoms with Crippen LogP contribution in [-0.2, 0) is 21.3 Å². The molecule has 0 aliphatic heterocycles. The lowest BCUT2D eigenvalue weighted by Gasteiger charge is -2.13. The Morgan fingerprint density at radius 2 is 2.14 bits per heavy atom. The lowest BCUT2D eigenvalue weighted by Crippen LogP contribution is -2.31. The van der Waals surface area contributed by atoms with Crippen molar-refractivity contribution >= 4 is 21.4 Å². The Hall–Kier alpha value is -0.470. The molecule has 1 aromatic rings. The van der Waals surface area contributed by atoms with E-state index in [2.05, 4.69) is 17.0 Å². The zero-order valence-electron chi connectivity index (χ0n) is 13.2. The average Bonchev–Trinajstić information content (AvgIpc) is 2.79. The monoisotopic (exact) mass is 334 g/mol. The van der Waals surface area contributed by atoms with Crippen molar-refractivity contribution in [2.45, 2.75) is 38.6 Å². The van der Waals surface area contributed by atoms with Crippen LogP contribution in [0, 0.1) is 12.8 Å². The summed E-state index contributed by atoms with van der Waals surface area (Å²) in [7, 11) is -1.85. The maximum Gasteiger partial charge on any atom is 0.241 e. The van der Waals surface area contributed by atoms with Crippen molar-refractivity contribution in [3.8, 4) is 0 Å². The topological polar surface area (TPSA) is 67.4 Å². The number of methoxy groups -OCH3 is 1. The first-order chi connectivity index (χ1) is 9.92. The number of hydrogen-bond donors (Lipinski definition) is 2. The van der Waals surface area contributed by atoms with Crippen LogP contribution < -0.4 is 10.0 Å². The fraction of sp³-hybridized carbons (Fsp3) is 0.714. The molecule has 0 saturated carbocycles. The molecular formula is C14H26N2O3S2. The molecule has 0 aromatic carbocycles. The van der Waals surface area contributed by atoms with Gasteiger partial charge in [-0.05, 0) is 36.8 Å². The molecule has 21 heavy (non-hydrogen) atoms. The number of rotatable bonds is 10. The normalized spacial score (nSPS) is 13.5. The molecule has 0 fully saturated rings. The van der Waals surface area contributed by atoms with Crippen molar-refractivity contribution in [1.82, 2.24) is 10.0 Å². The van der Waals surface area contributed by atoms with Gasteiger partial charge in [0, 0.05) is 31.7 Å². The molecular weight excluding hydrogens is 308 g/mol. The second kappa shape index (κ2) is 8.85. The molecule has 5 nitrogen and oxygen atoms in total. The molecule has 1 heterocycles. The Morgan fingerprint density at radius 1 is 1.43 bits per heavy atom. The molecule has 7 heteroatoms. The summed E-state index contributed by atoms with van der Waals surface area (Å²) in [5.74, 6) is 0.144. The average molecular weight is 335 g/mol. The standard InChI is InChI=1S/C14H26N2O3S2/c1-5-6-15-8-13-14(12(3)10-20-13)21(17,18)16-7-11(2)9-19-4/h10-11,15-16H,5-9H2,1-4H3. The fourth-order valence-corrected chi connectivity index (χ4v) is 4.96. The summed E-state index contributed by atoms with van der Waals surface area (Å²) < 4.78 is 32.7. The number of nitrogens with one attached hydrogen (secondary N) is 2. The molecule has 122 valence electrons. The maximum absolute atomic E-state index is 12.5. The molecule has 1 atom stereocenters. The summed E-state index contributed by atoms with van der Waals surface area (Å²) in [4.78, 5) is 1.30. The first kappa shape index (κ1) is 18.6. The Morgan fingerprint density at radius 3 is 2.76 bits per heavy atom. The van der Waals surface area contributed by atoms with Gasteiger partial charge < -0.3 is 10.1 Å². The van der Waals surface area contributed by atoms with Gasteiger partial charge in [0.05, 0.1) is 0 Å². The van der Waals surface area contributed by atoms with Gasteiger partial charge in [0.1, 0.15) is 4.90 Å². The van der Waals surface area contributed by atoms with Gasteiger partial charge in [-0.25, -0.2) is 13.1 Å². The summed E-state index contributed by atoms with van der Waals surface area (Å²) in [5, 5.41) is 5.16. The zero-order chi connectivity index (χ0) is 15.9. The molecule has 0 saturated heterocycles. The largest absolute Gasteiger partial charge is 0.384 e. The van der Waals surface area contributed by atoms with E-state index in [-0.39, 0.29) is 5.92 Å². The first-order valence-corrected chi connectivity index (χ1v) is 9.54. The summed E-state index contributed by atoms with van der Waals surface area (Å²) in [6, 6.07) is 0. The highest BCUT2D eigenvalue weighted by Crippen LogP contribution is 2.26. The van der Waals surface area contributed by atoms with Crippen molar-refractivity contribution in [2.24, 2.45) is 5.92 Å². The van der Waals surface area contributed by atoms with Crippen LogP contribution in [0.15, 0.2) is 10.3 Å². The van der Waals surface area contributed by atoms with Crippen LogP contribution in [0.1, 0.15) is 30.7 Å². The van der Waals surface area contributed by atoms with Crippen LogP contribution >= 0.6 is 11.3 Å². The Bertz CT molecular complexity index is 526. The Balaban J connectivity index is 2.79. The van der Waals surface area contributed by atoms with E-state index in [1.807, 2.05) is 19.2 Å². The minimum atomic E-state index is -3.46. The van der Waals surface area contributed by atoms with Gasteiger partial charge in [-0.3, -0.25) is 0 Å². The summed E-state index contributed by atoms with van der Waals surface area (Å²) in [6.07, 6.45) is 1.03. The van der Waals surface area contributed by atoms with E-state index < -0.39 is 10.0 Å². The van der Waals surface area contributed by atoms with Gasteiger partial charge in [0.2, 0.25) is 10.0 Å². The third-order valence-electron chi connectivity index (χ3n) is 3.04. The molecule has 0 aliphatic rings. The summed E-state index contributed by atoms with van der Waals surface area (Å²) in [5.41, 5.74) is 0.806. The third-order valence-corrected chi connectivity index (χ3v) is 5.93. The van der Waals surface area contributed by atoms with E-state index in [1.165, 1.54) is 11.3 Å². The molecule has 1 aromatic heterocycles. The predicted molar refractivity (Wildman–Crippen MR) is 87.3 cm³/mol. The van der Waals surface area contributed by atoms with E-state index >= 15 is 0 Å². The number of hydrogen-bond acceptors (Lipinski definition) is 5. The fourth-order valence-electron chi connectivity index (χ4n) is 2.02. The summed E-state index contributed by atoms with van der Waals surface area (Å²) >= 11 is 1.49. The Labute approximate surface area is 132 Å². The van der Waals surface area contributed by atoms with E-state index in [9.17, 15) is 8.42 Å². The van der Waals surface area contributed by atoms with Crippen LogP contribution in [-0.4, -0.2) is 35.2 Å². The number of thiophene rings is 1. The van der Waals surface area contributed by atoms with Crippen molar-refractivity contribution < 1.29 is 13.2 Å². The van der Waals surface area contributed by atoms with Crippen LogP contribution in [0.3, 0.4) is 0 Å². The molecule has 1 unspecified atom stereocenters. The number of aryl methyl sites for hydroxylation is 1. The smallest absolute Gasteiger partial charge is 0.241 e.